The van der Waals surface area contributed by atoms with Crippen molar-refractivity contribution in [1.29, 1.82) is 0 Å². The summed E-state index contributed by atoms with van der Waals surface area (Å²) in [5.41, 5.74) is 1.35. The van der Waals surface area contributed by atoms with Crippen molar-refractivity contribution in [3.63, 3.8) is 0 Å². The van der Waals surface area contributed by atoms with Crippen molar-refractivity contribution >= 4 is 39.0 Å². The van der Waals surface area contributed by atoms with Crippen LogP contribution in [0.5, 0.6) is 11.8 Å². The van der Waals surface area contributed by atoms with Gasteiger partial charge < -0.3 is 24.8 Å². The third kappa shape index (κ3) is 4.37. The Labute approximate surface area is 189 Å². The topological polar surface area (TPSA) is 82.2 Å². The van der Waals surface area contributed by atoms with E-state index in [-0.39, 0.29) is 11.8 Å². The van der Waals surface area contributed by atoms with Gasteiger partial charge in [-0.05, 0) is 33.0 Å². The summed E-state index contributed by atoms with van der Waals surface area (Å²) in [7, 11) is 2.11. The van der Waals surface area contributed by atoms with Crippen molar-refractivity contribution < 1.29 is 9.13 Å². The third-order valence-corrected chi connectivity index (χ3v) is 6.20. The first-order valence-corrected chi connectivity index (χ1v) is 11.2. The largest absolute Gasteiger partial charge is 0.424 e. The molecule has 3 aromatic heterocycles. The van der Waals surface area contributed by atoms with Gasteiger partial charge in [-0.2, -0.15) is 9.97 Å². The fourth-order valence-corrected chi connectivity index (χ4v) is 4.39. The summed E-state index contributed by atoms with van der Waals surface area (Å²) >= 11 is 1.54. The number of aryl methyl sites for hydroxylation is 2. The van der Waals surface area contributed by atoms with Crippen molar-refractivity contribution in [3.8, 4) is 11.8 Å². The molecule has 1 aromatic carbocycles. The van der Waals surface area contributed by atoms with Crippen LogP contribution in [0, 0.1) is 19.7 Å². The van der Waals surface area contributed by atoms with Crippen molar-refractivity contribution in [1.82, 2.24) is 24.8 Å². The van der Waals surface area contributed by atoms with Gasteiger partial charge in [0.25, 0.3) is 0 Å². The van der Waals surface area contributed by atoms with Gasteiger partial charge in [-0.3, -0.25) is 0 Å². The van der Waals surface area contributed by atoms with E-state index in [1.54, 1.807) is 17.4 Å². The Balaban J connectivity index is 1.48. The van der Waals surface area contributed by atoms with Gasteiger partial charge in [-0.25, -0.2) is 9.37 Å². The van der Waals surface area contributed by atoms with Crippen LogP contribution in [0.3, 0.4) is 0 Å². The molecule has 166 valence electrons. The fourth-order valence-electron chi connectivity index (χ4n) is 3.72. The zero-order valence-electron chi connectivity index (χ0n) is 18.1. The average Bonchev–Trinajstić information content (AvgIpc) is 3.33. The highest BCUT2D eigenvalue weighted by Crippen LogP contribution is 2.30. The molecule has 5 rings (SSSR count). The lowest BCUT2D eigenvalue weighted by molar-refractivity contribution is 0.311. The van der Waals surface area contributed by atoms with Crippen LogP contribution in [-0.2, 0) is 0 Å². The number of ether oxygens (including phenoxy) is 1. The molecular formula is C22H24FN7OS. The average molecular weight is 454 g/mol. The molecule has 0 aliphatic carbocycles. The lowest BCUT2D eigenvalue weighted by Gasteiger charge is -2.33. The standard InChI is InChI=1S/C22H24FN7OS/c1-13-8-15-9-16(10-17(23)20(15)25-13)31-21-26-18(27-22-24-12-14(2)32-22)11-19(28-21)30-6-4-29(3)5-7-30/h8-12,25H,4-7H2,1-3H3,(H,24,26,27,28). The molecule has 0 radical (unpaired) electrons. The summed E-state index contributed by atoms with van der Waals surface area (Å²) in [4.78, 5) is 22.1. The van der Waals surface area contributed by atoms with Crippen LogP contribution in [0.4, 0.5) is 21.2 Å². The zero-order chi connectivity index (χ0) is 22.2. The quantitative estimate of drug-likeness (QED) is 0.462. The number of thiazole rings is 1. The van der Waals surface area contributed by atoms with Crippen molar-refractivity contribution in [2.24, 2.45) is 0 Å². The molecule has 0 amide bonds. The van der Waals surface area contributed by atoms with Crippen molar-refractivity contribution in [2.75, 3.05) is 43.4 Å². The van der Waals surface area contributed by atoms with Crippen molar-refractivity contribution in [3.05, 3.63) is 46.9 Å². The van der Waals surface area contributed by atoms with Gasteiger partial charge in [0.05, 0.1) is 5.52 Å². The molecular weight excluding hydrogens is 429 g/mol. The summed E-state index contributed by atoms with van der Waals surface area (Å²) < 4.78 is 20.5. The smallest absolute Gasteiger partial charge is 0.325 e. The number of halogens is 1. The van der Waals surface area contributed by atoms with Gasteiger partial charge >= 0.3 is 6.01 Å². The number of benzene rings is 1. The molecule has 1 saturated heterocycles. The Morgan fingerprint density at radius 1 is 1.09 bits per heavy atom. The maximum absolute atomic E-state index is 14.6. The summed E-state index contributed by atoms with van der Waals surface area (Å²) in [5, 5.41) is 4.73. The molecule has 1 fully saturated rings. The van der Waals surface area contributed by atoms with Crippen LogP contribution < -0.4 is 15.0 Å². The van der Waals surface area contributed by atoms with Crippen LogP contribution in [0.25, 0.3) is 10.9 Å². The maximum atomic E-state index is 14.6. The number of aromatic amines is 1. The molecule has 1 aliphatic heterocycles. The second-order valence-corrected chi connectivity index (χ2v) is 9.24. The number of anilines is 3. The monoisotopic (exact) mass is 453 g/mol. The lowest BCUT2D eigenvalue weighted by Crippen LogP contribution is -2.44. The van der Waals surface area contributed by atoms with Gasteiger partial charge in [0, 0.05) is 60.5 Å². The van der Waals surface area contributed by atoms with Gasteiger partial charge in [0.2, 0.25) is 0 Å². The Morgan fingerprint density at radius 2 is 1.91 bits per heavy atom. The van der Waals surface area contributed by atoms with E-state index in [9.17, 15) is 4.39 Å². The Bertz CT molecular complexity index is 1260. The lowest BCUT2D eigenvalue weighted by atomic mass is 10.2. The van der Waals surface area contributed by atoms with Gasteiger partial charge in [-0.1, -0.05) is 0 Å². The number of nitrogens with zero attached hydrogens (tertiary/aromatic N) is 5. The number of hydrogen-bond donors (Lipinski definition) is 2. The first-order valence-electron chi connectivity index (χ1n) is 10.4. The summed E-state index contributed by atoms with van der Waals surface area (Å²) in [5.74, 6) is 1.31. The molecule has 4 heterocycles. The number of fused-ring (bicyclic) bond motifs is 1. The van der Waals surface area contributed by atoms with E-state index >= 15 is 0 Å². The predicted molar refractivity (Wildman–Crippen MR) is 125 cm³/mol. The van der Waals surface area contributed by atoms with Gasteiger partial charge in [0.1, 0.15) is 17.4 Å². The molecule has 0 unspecified atom stereocenters. The van der Waals surface area contributed by atoms with E-state index in [0.29, 0.717) is 17.1 Å². The zero-order valence-corrected chi connectivity index (χ0v) is 19.0. The second-order valence-electron chi connectivity index (χ2n) is 8.01. The maximum Gasteiger partial charge on any atom is 0.325 e. The Morgan fingerprint density at radius 3 is 2.66 bits per heavy atom. The number of likely N-dealkylation sites (N-methyl/N-ethyl adjacent to an activating group) is 1. The van der Waals surface area contributed by atoms with Gasteiger partial charge in [-0.15, -0.1) is 11.3 Å². The van der Waals surface area contributed by atoms with Crippen LogP contribution in [0.1, 0.15) is 10.6 Å². The molecule has 32 heavy (non-hydrogen) atoms. The van der Waals surface area contributed by atoms with Crippen LogP contribution in [-0.4, -0.2) is 58.1 Å². The second kappa shape index (κ2) is 8.36. The van der Waals surface area contributed by atoms with Crippen LogP contribution in [0.15, 0.2) is 30.5 Å². The highest BCUT2D eigenvalue weighted by Gasteiger charge is 2.19. The Hall–Kier alpha value is -3.24. The minimum absolute atomic E-state index is 0.156. The van der Waals surface area contributed by atoms with E-state index in [1.807, 2.05) is 32.2 Å². The molecule has 0 spiro atoms. The van der Waals surface area contributed by atoms with Crippen LogP contribution >= 0.6 is 11.3 Å². The Kier molecular flexibility index (Phi) is 5.40. The highest BCUT2D eigenvalue weighted by atomic mass is 32.1. The first-order chi connectivity index (χ1) is 15.4. The molecule has 1 aliphatic rings. The van der Waals surface area contributed by atoms with E-state index in [2.05, 4.69) is 42.1 Å². The molecule has 2 N–H and O–H groups in total. The third-order valence-electron chi connectivity index (χ3n) is 5.37. The van der Waals surface area contributed by atoms with E-state index in [0.717, 1.165) is 53.1 Å². The van der Waals surface area contributed by atoms with E-state index in [1.165, 1.54) is 6.07 Å². The highest BCUT2D eigenvalue weighted by molar-refractivity contribution is 7.15. The number of aromatic nitrogens is 4. The number of H-pyrrole nitrogens is 1. The molecule has 0 atom stereocenters. The minimum atomic E-state index is -0.377. The normalized spacial score (nSPS) is 14.8. The summed E-state index contributed by atoms with van der Waals surface area (Å²) in [6.45, 7) is 7.49. The minimum Gasteiger partial charge on any atom is -0.424 e. The van der Waals surface area contributed by atoms with E-state index in [4.69, 9.17) is 4.74 Å². The van der Waals surface area contributed by atoms with Gasteiger partial charge in [0.15, 0.2) is 10.9 Å². The molecule has 4 aromatic rings. The number of nitrogens with one attached hydrogen (secondary N) is 2. The van der Waals surface area contributed by atoms with E-state index < -0.39 is 0 Å². The number of hydrogen-bond acceptors (Lipinski definition) is 8. The number of piperazine rings is 1. The fraction of sp³-hybridized carbons (Fsp3) is 0.318. The molecule has 10 heteroatoms. The molecule has 0 saturated carbocycles. The predicted octanol–water partition coefficient (Wildman–Crippen LogP) is 4.46. The van der Waals surface area contributed by atoms with Crippen molar-refractivity contribution in [2.45, 2.75) is 13.8 Å². The molecule has 8 nitrogen and oxygen atoms in total. The molecule has 0 bridgehead atoms. The number of rotatable bonds is 5. The van der Waals surface area contributed by atoms with Crippen LogP contribution in [0.2, 0.25) is 0 Å². The first kappa shape index (κ1) is 20.7. The summed E-state index contributed by atoms with van der Waals surface area (Å²) in [6.07, 6.45) is 1.81. The SMILES string of the molecule is Cc1cc2cc(Oc3nc(Nc4ncc(C)s4)cc(N4CCN(C)CC4)n3)cc(F)c2[nH]1. The summed E-state index contributed by atoms with van der Waals surface area (Å²) in [6, 6.07) is 7.06.